The molecule has 0 atom stereocenters. The largest absolute Gasteiger partial charge is 0.375 e. The number of rotatable bonds is 1. The van der Waals surface area contributed by atoms with Crippen molar-refractivity contribution < 1.29 is 17.6 Å². The topological polar surface area (TPSA) is 71.2 Å². The first-order valence-corrected chi connectivity index (χ1v) is 9.77. The Balaban J connectivity index is 2.02. The Hall–Kier alpha value is -3.75. The van der Waals surface area contributed by atoms with Gasteiger partial charge in [0.2, 0.25) is 0 Å². The van der Waals surface area contributed by atoms with Gasteiger partial charge in [0.15, 0.2) is 17.5 Å². The van der Waals surface area contributed by atoms with Gasteiger partial charge in [0, 0.05) is 34.4 Å². The van der Waals surface area contributed by atoms with Crippen molar-refractivity contribution in [2.24, 2.45) is 12.4 Å². The summed E-state index contributed by atoms with van der Waals surface area (Å²) in [5.74, 6) is 3.14. The third kappa shape index (κ3) is 3.70. The summed E-state index contributed by atoms with van der Waals surface area (Å²) in [4.78, 5) is 18.2. The van der Waals surface area contributed by atoms with Crippen molar-refractivity contribution in [2.75, 3.05) is 18.1 Å². The lowest BCUT2D eigenvalue weighted by atomic mass is 9.95. The Morgan fingerprint density at radius 3 is 2.84 bits per heavy atom. The van der Waals surface area contributed by atoms with Crippen LogP contribution in [0.1, 0.15) is 29.1 Å². The summed E-state index contributed by atoms with van der Waals surface area (Å²) in [7, 11) is 0. The number of ether oxygens (including phenoxy) is 1. The summed E-state index contributed by atoms with van der Waals surface area (Å²) in [6.07, 6.45) is 0. The van der Waals surface area contributed by atoms with Crippen LogP contribution in [0.25, 0.3) is 10.9 Å². The Morgan fingerprint density at radius 2 is 2.09 bits per heavy atom. The fourth-order valence-corrected chi connectivity index (χ4v) is 3.45. The standard InChI is InChI=1S/C24H20F2N4O2/c1-24(2,14-27)10-9-15-5-4-6-18-16(15)13-32-12-11-30(18)22-20-19(29(3)23(31)28-22)8-7-17(25)21(20)26/h4-8H,11-13H2,1-3H3/i3D3. The number of aromatic nitrogens is 2. The molecule has 1 aliphatic heterocycles. The lowest BCUT2D eigenvalue weighted by molar-refractivity contribution is 0.133. The van der Waals surface area contributed by atoms with Crippen molar-refractivity contribution in [3.05, 3.63) is 63.6 Å². The van der Waals surface area contributed by atoms with Gasteiger partial charge < -0.3 is 9.64 Å². The Kier molecular flexibility index (Phi) is 4.51. The average Bonchev–Trinajstić information content (AvgIpc) is 3.01. The van der Waals surface area contributed by atoms with E-state index in [0.29, 0.717) is 21.4 Å². The zero-order chi connectivity index (χ0) is 25.5. The van der Waals surface area contributed by atoms with Crippen LogP contribution in [0.3, 0.4) is 0 Å². The first-order valence-electron chi connectivity index (χ1n) is 11.3. The predicted molar refractivity (Wildman–Crippen MR) is 116 cm³/mol. The molecular formula is C24H20F2N4O2. The van der Waals surface area contributed by atoms with Crippen molar-refractivity contribution in [1.82, 2.24) is 9.55 Å². The normalized spacial score (nSPS) is 15.5. The lowest BCUT2D eigenvalue weighted by Gasteiger charge is -2.25. The highest BCUT2D eigenvalue weighted by molar-refractivity contribution is 5.93. The van der Waals surface area contributed by atoms with E-state index in [0.717, 1.165) is 12.1 Å². The number of nitrogens with zero attached hydrogens (tertiary/aromatic N) is 4. The third-order valence-corrected chi connectivity index (χ3v) is 5.12. The highest BCUT2D eigenvalue weighted by atomic mass is 19.2. The van der Waals surface area contributed by atoms with E-state index in [4.69, 9.17) is 8.85 Å². The number of halogens is 2. The zero-order valence-electron chi connectivity index (χ0n) is 20.4. The maximum atomic E-state index is 15.1. The summed E-state index contributed by atoms with van der Waals surface area (Å²) in [6.45, 7) is 0.831. The monoisotopic (exact) mass is 437 g/mol. The van der Waals surface area contributed by atoms with Gasteiger partial charge in [-0.25, -0.2) is 13.6 Å². The van der Waals surface area contributed by atoms with E-state index in [1.165, 1.54) is 4.90 Å². The first-order chi connectivity index (χ1) is 16.4. The molecule has 3 aromatic rings. The molecule has 0 saturated heterocycles. The molecule has 0 radical (unpaired) electrons. The molecule has 0 unspecified atom stereocenters. The maximum Gasteiger partial charge on any atom is 0.349 e. The zero-order valence-corrected chi connectivity index (χ0v) is 17.4. The Labute approximate surface area is 187 Å². The number of hydrogen-bond acceptors (Lipinski definition) is 5. The van der Waals surface area contributed by atoms with E-state index in [1.54, 1.807) is 32.0 Å². The predicted octanol–water partition coefficient (Wildman–Crippen LogP) is 3.78. The molecule has 1 aliphatic rings. The highest BCUT2D eigenvalue weighted by Gasteiger charge is 2.25. The molecule has 2 heterocycles. The number of anilines is 2. The molecule has 0 amide bonds. The minimum Gasteiger partial charge on any atom is -0.375 e. The number of aryl methyl sites for hydroxylation is 1. The smallest absolute Gasteiger partial charge is 0.349 e. The van der Waals surface area contributed by atoms with Crippen molar-refractivity contribution in [1.29, 1.82) is 5.26 Å². The van der Waals surface area contributed by atoms with Gasteiger partial charge in [-0.2, -0.15) is 10.2 Å². The van der Waals surface area contributed by atoms with Crippen LogP contribution in [0.2, 0.25) is 0 Å². The van der Waals surface area contributed by atoms with Gasteiger partial charge in [-0.3, -0.25) is 4.57 Å². The molecule has 0 spiro atoms. The Bertz CT molecular complexity index is 1500. The molecule has 32 heavy (non-hydrogen) atoms. The van der Waals surface area contributed by atoms with E-state index in [1.807, 2.05) is 0 Å². The van der Waals surface area contributed by atoms with Crippen LogP contribution in [-0.4, -0.2) is 22.7 Å². The van der Waals surface area contributed by atoms with Crippen LogP contribution >= 0.6 is 0 Å². The molecule has 2 aromatic carbocycles. The molecule has 0 aliphatic carbocycles. The minimum absolute atomic E-state index is 0.128. The fourth-order valence-electron chi connectivity index (χ4n) is 3.45. The second kappa shape index (κ2) is 8.07. The molecule has 0 N–H and O–H groups in total. The molecule has 1 aromatic heterocycles. The molecular weight excluding hydrogens is 414 g/mol. The van der Waals surface area contributed by atoms with E-state index in [9.17, 15) is 14.4 Å². The summed E-state index contributed by atoms with van der Waals surface area (Å²) in [6, 6.07) is 9.07. The minimum atomic E-state index is -2.96. The van der Waals surface area contributed by atoms with Crippen LogP contribution in [0, 0.1) is 40.2 Å². The molecule has 0 bridgehead atoms. The third-order valence-electron chi connectivity index (χ3n) is 5.12. The van der Waals surface area contributed by atoms with Gasteiger partial charge in [-0.15, -0.1) is 0 Å². The van der Waals surface area contributed by atoms with Gasteiger partial charge >= 0.3 is 5.69 Å². The summed E-state index contributed by atoms with van der Waals surface area (Å²) < 4.78 is 58.6. The molecule has 6 nitrogen and oxygen atoms in total. The fraction of sp³-hybridized carbons (Fsp3) is 0.292. The van der Waals surface area contributed by atoms with Crippen LogP contribution < -0.4 is 10.6 Å². The van der Waals surface area contributed by atoms with E-state index in [-0.39, 0.29) is 31.1 Å². The number of fused-ring (bicyclic) bond motifs is 2. The number of nitriles is 1. The van der Waals surface area contributed by atoms with Crippen LogP contribution in [0.4, 0.5) is 20.3 Å². The van der Waals surface area contributed by atoms with E-state index >= 15 is 4.39 Å². The SMILES string of the molecule is [2H]C([2H])([2H])n1c(=O)nc(N2CCOCc3c(C#CC(C)(C)C#N)cccc32)c2c(F)c(F)ccc21. The second-order valence-corrected chi connectivity index (χ2v) is 7.80. The van der Waals surface area contributed by atoms with Gasteiger partial charge in [0.25, 0.3) is 0 Å². The Morgan fingerprint density at radius 1 is 1.28 bits per heavy atom. The van der Waals surface area contributed by atoms with Gasteiger partial charge in [-0.1, -0.05) is 17.9 Å². The number of hydrogen-bond donors (Lipinski definition) is 0. The van der Waals surface area contributed by atoms with Gasteiger partial charge in [0.05, 0.1) is 30.2 Å². The lowest BCUT2D eigenvalue weighted by Crippen LogP contribution is -2.28. The average molecular weight is 437 g/mol. The first kappa shape index (κ1) is 17.9. The summed E-state index contributed by atoms with van der Waals surface area (Å²) in [5.41, 5.74) is -0.670. The summed E-state index contributed by atoms with van der Waals surface area (Å²) >= 11 is 0. The van der Waals surface area contributed by atoms with Gasteiger partial charge in [0.1, 0.15) is 5.41 Å². The van der Waals surface area contributed by atoms with Gasteiger partial charge in [-0.05, 0) is 38.1 Å². The van der Waals surface area contributed by atoms with Crippen molar-refractivity contribution in [3.8, 4) is 17.9 Å². The molecule has 4 rings (SSSR count). The van der Waals surface area contributed by atoms with Crippen LogP contribution in [0.5, 0.6) is 0 Å². The highest BCUT2D eigenvalue weighted by Crippen LogP contribution is 2.36. The number of benzene rings is 2. The summed E-state index contributed by atoms with van der Waals surface area (Å²) in [5, 5.41) is 8.83. The second-order valence-electron chi connectivity index (χ2n) is 7.80. The maximum absolute atomic E-state index is 15.1. The quantitative estimate of drug-likeness (QED) is 0.542. The van der Waals surface area contributed by atoms with Crippen molar-refractivity contribution in [2.45, 2.75) is 20.5 Å². The van der Waals surface area contributed by atoms with E-state index in [2.05, 4.69) is 22.9 Å². The molecule has 0 saturated carbocycles. The van der Waals surface area contributed by atoms with Crippen molar-refractivity contribution >= 4 is 22.4 Å². The van der Waals surface area contributed by atoms with E-state index < -0.39 is 35.1 Å². The van der Waals surface area contributed by atoms with Crippen LogP contribution in [-0.2, 0) is 18.3 Å². The molecule has 8 heteroatoms. The van der Waals surface area contributed by atoms with Crippen molar-refractivity contribution in [3.63, 3.8) is 0 Å². The molecule has 162 valence electrons. The van der Waals surface area contributed by atoms with Crippen LogP contribution in [0.15, 0.2) is 35.1 Å². The molecule has 0 fully saturated rings.